The van der Waals surface area contributed by atoms with Crippen molar-refractivity contribution >= 4 is 17.0 Å². The van der Waals surface area contributed by atoms with Gasteiger partial charge >= 0.3 is 0 Å². The first kappa shape index (κ1) is 10.5. The number of hydrogen-bond acceptors (Lipinski definition) is 2. The Hall–Kier alpha value is -1.61. The highest BCUT2D eigenvalue weighted by Gasteiger charge is 2.07. The molecule has 3 aromatic heterocycles. The molecule has 3 heteroatoms. The van der Waals surface area contributed by atoms with Crippen molar-refractivity contribution in [2.45, 2.75) is 20.3 Å². The van der Waals surface area contributed by atoms with Gasteiger partial charge in [0.1, 0.15) is 5.65 Å². The minimum absolute atomic E-state index is 1.02. The van der Waals surface area contributed by atoms with Crippen LogP contribution >= 0.6 is 11.3 Å². The van der Waals surface area contributed by atoms with E-state index in [1.165, 1.54) is 15.4 Å². The van der Waals surface area contributed by atoms with Gasteiger partial charge in [0.15, 0.2) is 0 Å². The molecule has 0 spiro atoms. The van der Waals surface area contributed by atoms with Crippen molar-refractivity contribution in [2.24, 2.45) is 0 Å². The van der Waals surface area contributed by atoms with Crippen molar-refractivity contribution in [3.8, 4) is 10.6 Å². The molecule has 3 rings (SSSR count). The molecule has 0 bridgehead atoms. The number of hydrogen-bond donors (Lipinski definition) is 0. The standard InChI is InChI=1S/C14H14N2S/c1-3-11-7-8-13(17-11)12-9-16-10(2)5-4-6-14(16)15-12/h4-9H,3H2,1-2H3. The summed E-state index contributed by atoms with van der Waals surface area (Å²) < 4.78 is 2.14. The summed E-state index contributed by atoms with van der Waals surface area (Å²) in [6.07, 6.45) is 3.22. The van der Waals surface area contributed by atoms with Crippen LogP contribution in [-0.2, 0) is 6.42 Å². The lowest BCUT2D eigenvalue weighted by Crippen LogP contribution is -1.86. The lowest BCUT2D eigenvalue weighted by Gasteiger charge is -1.95. The summed E-state index contributed by atoms with van der Waals surface area (Å²) in [7, 11) is 0. The maximum absolute atomic E-state index is 4.66. The van der Waals surface area contributed by atoms with Gasteiger partial charge in [0, 0.05) is 16.8 Å². The Bertz CT molecular complexity index is 664. The zero-order valence-corrected chi connectivity index (χ0v) is 10.8. The number of nitrogens with zero attached hydrogens (tertiary/aromatic N) is 2. The molecule has 0 aliphatic rings. The molecule has 86 valence electrons. The van der Waals surface area contributed by atoms with E-state index in [9.17, 15) is 0 Å². The van der Waals surface area contributed by atoms with E-state index in [0.29, 0.717) is 0 Å². The van der Waals surface area contributed by atoms with E-state index in [-0.39, 0.29) is 0 Å². The van der Waals surface area contributed by atoms with Gasteiger partial charge < -0.3 is 4.40 Å². The summed E-state index contributed by atoms with van der Waals surface area (Å²) in [5.41, 5.74) is 3.31. The Morgan fingerprint density at radius 1 is 1.24 bits per heavy atom. The SMILES string of the molecule is CCc1ccc(-c2cn3c(C)cccc3n2)s1. The van der Waals surface area contributed by atoms with Crippen LogP contribution in [0, 0.1) is 6.92 Å². The van der Waals surface area contributed by atoms with Gasteiger partial charge in [-0.1, -0.05) is 13.0 Å². The normalized spacial score (nSPS) is 11.2. The topological polar surface area (TPSA) is 17.3 Å². The lowest BCUT2D eigenvalue weighted by atomic mass is 10.3. The van der Waals surface area contributed by atoms with Crippen LogP contribution in [0.15, 0.2) is 36.5 Å². The summed E-state index contributed by atoms with van der Waals surface area (Å²) >= 11 is 1.83. The molecular formula is C14H14N2S. The van der Waals surface area contributed by atoms with Gasteiger partial charge in [0.25, 0.3) is 0 Å². The number of aryl methyl sites for hydroxylation is 2. The van der Waals surface area contributed by atoms with Crippen LogP contribution in [0.3, 0.4) is 0 Å². The number of rotatable bonds is 2. The summed E-state index contributed by atoms with van der Waals surface area (Å²) in [6.45, 7) is 4.29. The predicted octanol–water partition coefficient (Wildman–Crippen LogP) is 3.93. The van der Waals surface area contributed by atoms with E-state index in [2.05, 4.69) is 47.6 Å². The fourth-order valence-electron chi connectivity index (χ4n) is 1.97. The Balaban J connectivity index is 2.14. The highest BCUT2D eigenvalue weighted by Crippen LogP contribution is 2.28. The van der Waals surface area contributed by atoms with Crippen molar-refractivity contribution in [3.05, 3.63) is 47.1 Å². The number of imidazole rings is 1. The van der Waals surface area contributed by atoms with Crippen molar-refractivity contribution in [1.82, 2.24) is 9.38 Å². The molecule has 0 aromatic carbocycles. The monoisotopic (exact) mass is 242 g/mol. The minimum Gasteiger partial charge on any atom is -0.304 e. The van der Waals surface area contributed by atoms with Gasteiger partial charge in [0.2, 0.25) is 0 Å². The molecule has 3 heterocycles. The van der Waals surface area contributed by atoms with Crippen molar-refractivity contribution in [2.75, 3.05) is 0 Å². The zero-order valence-electron chi connectivity index (χ0n) is 9.97. The molecule has 17 heavy (non-hydrogen) atoms. The van der Waals surface area contributed by atoms with Crippen LogP contribution in [0.1, 0.15) is 17.5 Å². The lowest BCUT2D eigenvalue weighted by molar-refractivity contribution is 1.09. The van der Waals surface area contributed by atoms with Crippen molar-refractivity contribution in [1.29, 1.82) is 0 Å². The Morgan fingerprint density at radius 3 is 2.82 bits per heavy atom. The second kappa shape index (κ2) is 4.00. The maximum atomic E-state index is 4.66. The Morgan fingerprint density at radius 2 is 2.12 bits per heavy atom. The molecule has 3 aromatic rings. The highest BCUT2D eigenvalue weighted by molar-refractivity contribution is 7.15. The second-order valence-corrected chi connectivity index (χ2v) is 5.31. The minimum atomic E-state index is 1.02. The average Bonchev–Trinajstić information content (AvgIpc) is 2.95. The quantitative estimate of drug-likeness (QED) is 0.665. The molecule has 0 fully saturated rings. The number of fused-ring (bicyclic) bond motifs is 1. The molecule has 0 saturated heterocycles. The van der Waals surface area contributed by atoms with Gasteiger partial charge in [-0.05, 0) is 37.6 Å². The zero-order chi connectivity index (χ0) is 11.8. The fraction of sp³-hybridized carbons (Fsp3) is 0.214. The molecule has 2 nitrogen and oxygen atoms in total. The maximum Gasteiger partial charge on any atom is 0.137 e. The average molecular weight is 242 g/mol. The van der Waals surface area contributed by atoms with E-state index < -0.39 is 0 Å². The molecule has 0 aliphatic heterocycles. The first-order chi connectivity index (χ1) is 8.28. The van der Waals surface area contributed by atoms with E-state index in [1.807, 2.05) is 23.5 Å². The van der Waals surface area contributed by atoms with Crippen molar-refractivity contribution < 1.29 is 0 Å². The number of aromatic nitrogens is 2. The molecule has 0 atom stereocenters. The van der Waals surface area contributed by atoms with Gasteiger partial charge in [-0.3, -0.25) is 0 Å². The third-order valence-corrected chi connectivity index (χ3v) is 4.21. The van der Waals surface area contributed by atoms with Gasteiger partial charge in [0.05, 0.1) is 10.6 Å². The molecule has 0 amide bonds. The summed E-state index contributed by atoms with van der Waals surface area (Å²) in [5.74, 6) is 0. The smallest absolute Gasteiger partial charge is 0.137 e. The molecule has 0 saturated carbocycles. The van der Waals surface area contributed by atoms with E-state index in [0.717, 1.165) is 17.8 Å². The van der Waals surface area contributed by atoms with Crippen LogP contribution in [0.5, 0.6) is 0 Å². The Labute approximate surface area is 105 Å². The Kier molecular flexibility index (Phi) is 2.48. The first-order valence-corrected chi connectivity index (χ1v) is 6.63. The van der Waals surface area contributed by atoms with E-state index in [4.69, 9.17) is 0 Å². The van der Waals surface area contributed by atoms with Crippen LogP contribution in [0.4, 0.5) is 0 Å². The third kappa shape index (κ3) is 1.76. The molecule has 0 radical (unpaired) electrons. The van der Waals surface area contributed by atoms with Gasteiger partial charge in [-0.15, -0.1) is 11.3 Å². The van der Waals surface area contributed by atoms with Crippen LogP contribution in [0.2, 0.25) is 0 Å². The molecule has 0 unspecified atom stereocenters. The van der Waals surface area contributed by atoms with Crippen LogP contribution in [0.25, 0.3) is 16.2 Å². The van der Waals surface area contributed by atoms with Gasteiger partial charge in [-0.25, -0.2) is 4.98 Å². The fourth-order valence-corrected chi connectivity index (χ4v) is 2.87. The largest absolute Gasteiger partial charge is 0.304 e. The summed E-state index contributed by atoms with van der Waals surface area (Å²) in [5, 5.41) is 0. The van der Waals surface area contributed by atoms with E-state index in [1.54, 1.807) is 0 Å². The van der Waals surface area contributed by atoms with Crippen molar-refractivity contribution in [3.63, 3.8) is 0 Å². The third-order valence-electron chi connectivity index (χ3n) is 2.96. The number of pyridine rings is 1. The second-order valence-electron chi connectivity index (χ2n) is 4.14. The summed E-state index contributed by atoms with van der Waals surface area (Å²) in [4.78, 5) is 7.33. The molecule has 0 N–H and O–H groups in total. The first-order valence-electron chi connectivity index (χ1n) is 5.81. The summed E-state index contributed by atoms with van der Waals surface area (Å²) in [6, 6.07) is 10.6. The number of thiophene rings is 1. The van der Waals surface area contributed by atoms with Crippen LogP contribution in [-0.4, -0.2) is 9.38 Å². The van der Waals surface area contributed by atoms with Gasteiger partial charge in [-0.2, -0.15) is 0 Å². The van der Waals surface area contributed by atoms with Crippen LogP contribution < -0.4 is 0 Å². The highest BCUT2D eigenvalue weighted by atomic mass is 32.1. The predicted molar refractivity (Wildman–Crippen MR) is 72.6 cm³/mol. The molecule has 0 aliphatic carbocycles. The van der Waals surface area contributed by atoms with E-state index >= 15 is 0 Å². The molecular weight excluding hydrogens is 228 g/mol.